The summed E-state index contributed by atoms with van der Waals surface area (Å²) in [5.41, 5.74) is 5.80. The van der Waals surface area contributed by atoms with Gasteiger partial charge in [-0.3, -0.25) is 9.59 Å². The van der Waals surface area contributed by atoms with E-state index in [1.165, 1.54) is 19.4 Å². The molecule has 0 saturated carbocycles. The molecule has 4 nitrogen and oxygen atoms in total. The Balaban J connectivity index is 2.63. The average Bonchev–Trinajstić information content (AvgIpc) is 2.75. The Morgan fingerprint density at radius 3 is 2.16 bits per heavy atom. The molecule has 0 saturated heterocycles. The zero-order chi connectivity index (χ0) is 23.9. The summed E-state index contributed by atoms with van der Waals surface area (Å²) in [6, 6.07) is 7.52. The molecule has 2 aromatic rings. The molecule has 4 heteroatoms. The number of rotatable bonds is 9. The summed E-state index contributed by atoms with van der Waals surface area (Å²) in [5, 5.41) is 1.50. The van der Waals surface area contributed by atoms with E-state index in [-0.39, 0.29) is 17.4 Å². The van der Waals surface area contributed by atoms with E-state index in [0.29, 0.717) is 17.9 Å². The Kier molecular flexibility index (Phi) is 8.63. The van der Waals surface area contributed by atoms with Crippen LogP contribution in [0.1, 0.15) is 65.0 Å². The fourth-order valence-corrected chi connectivity index (χ4v) is 3.98. The van der Waals surface area contributed by atoms with Crippen molar-refractivity contribution in [3.8, 4) is 11.5 Å². The van der Waals surface area contributed by atoms with Crippen molar-refractivity contribution in [1.82, 2.24) is 0 Å². The van der Waals surface area contributed by atoms with Crippen molar-refractivity contribution in [1.29, 1.82) is 0 Å². The minimum absolute atomic E-state index is 0.0401. The molecule has 0 aromatic heterocycles. The minimum Gasteiger partial charge on any atom is -0.426 e. The van der Waals surface area contributed by atoms with Gasteiger partial charge in [-0.1, -0.05) is 56.3 Å². The van der Waals surface area contributed by atoms with Gasteiger partial charge < -0.3 is 9.47 Å². The lowest BCUT2D eigenvalue weighted by Crippen LogP contribution is -2.17. The molecule has 0 aliphatic heterocycles. The number of carbonyl (C=O) groups excluding carboxylic acids is 2. The van der Waals surface area contributed by atoms with Crippen molar-refractivity contribution in [2.24, 2.45) is 5.41 Å². The van der Waals surface area contributed by atoms with Crippen molar-refractivity contribution in [3.63, 3.8) is 0 Å². The van der Waals surface area contributed by atoms with Gasteiger partial charge >= 0.3 is 11.9 Å². The van der Waals surface area contributed by atoms with Crippen LogP contribution in [0.4, 0.5) is 0 Å². The Morgan fingerprint density at radius 1 is 1.06 bits per heavy atom. The molecule has 0 spiro atoms. The molecule has 1 unspecified atom stereocenters. The number of ether oxygens (including phenoxy) is 2. The van der Waals surface area contributed by atoms with E-state index in [9.17, 15) is 9.59 Å². The lowest BCUT2D eigenvalue weighted by atomic mass is 9.76. The summed E-state index contributed by atoms with van der Waals surface area (Å²) in [6.45, 7) is 15.0. The topological polar surface area (TPSA) is 52.6 Å². The molecule has 0 amide bonds. The normalized spacial score (nSPS) is 13.2. The third-order valence-electron chi connectivity index (χ3n) is 6.30. The Bertz CT molecular complexity index is 1090. The molecule has 0 radical (unpaired) electrons. The van der Waals surface area contributed by atoms with Gasteiger partial charge in [-0.05, 0) is 56.6 Å². The van der Waals surface area contributed by atoms with E-state index in [0.717, 1.165) is 41.2 Å². The predicted octanol–water partition coefficient (Wildman–Crippen LogP) is 7.03. The summed E-state index contributed by atoms with van der Waals surface area (Å²) < 4.78 is 11.3. The van der Waals surface area contributed by atoms with E-state index in [1.54, 1.807) is 0 Å². The van der Waals surface area contributed by atoms with Gasteiger partial charge in [0.1, 0.15) is 11.5 Å². The van der Waals surface area contributed by atoms with Gasteiger partial charge in [0, 0.05) is 30.2 Å². The number of benzene rings is 2. The maximum absolute atomic E-state index is 11.9. The number of hydrogen-bond acceptors (Lipinski definition) is 4. The second kappa shape index (κ2) is 11.0. The summed E-state index contributed by atoms with van der Waals surface area (Å²) >= 11 is 0. The summed E-state index contributed by atoms with van der Waals surface area (Å²) in [5.74, 6) is 0.272. The summed E-state index contributed by atoms with van der Waals surface area (Å²) in [4.78, 5) is 23.7. The highest BCUT2D eigenvalue weighted by molar-refractivity contribution is 5.98. The third kappa shape index (κ3) is 5.77. The molecule has 0 N–H and O–H groups in total. The van der Waals surface area contributed by atoms with Crippen LogP contribution in [-0.4, -0.2) is 11.9 Å². The molecule has 170 valence electrons. The predicted molar refractivity (Wildman–Crippen MR) is 130 cm³/mol. The third-order valence-corrected chi connectivity index (χ3v) is 6.30. The standard InChI is InChI=1S/C28H34O4/c1-8-10-13-18-28(7,9-2)19(3)16-17-23-20(4)26(31-21(5)29)24-14-11-12-15-25(24)27(23)32-22(6)30/h10-12,14-16H,1,9,13,17-18H2,2-7H3/b19-16+. The number of allylic oxidation sites excluding steroid dienone is 3. The fourth-order valence-electron chi connectivity index (χ4n) is 3.98. The molecular weight excluding hydrogens is 400 g/mol. The zero-order valence-corrected chi connectivity index (χ0v) is 20.1. The van der Waals surface area contributed by atoms with E-state index in [1.807, 2.05) is 37.3 Å². The lowest BCUT2D eigenvalue weighted by molar-refractivity contribution is -0.133. The first-order valence-corrected chi connectivity index (χ1v) is 11.1. The average molecular weight is 435 g/mol. The minimum atomic E-state index is -0.384. The molecule has 0 fully saturated rings. The Hall–Kier alpha value is -3.10. The second-order valence-corrected chi connectivity index (χ2v) is 8.45. The van der Waals surface area contributed by atoms with Crippen molar-refractivity contribution in [2.45, 2.75) is 67.2 Å². The molecule has 1 atom stereocenters. The van der Waals surface area contributed by atoms with Crippen LogP contribution >= 0.6 is 0 Å². The number of hydrogen-bond donors (Lipinski definition) is 0. The molecule has 32 heavy (non-hydrogen) atoms. The quantitative estimate of drug-likeness (QED) is 0.184. The van der Waals surface area contributed by atoms with Crippen molar-refractivity contribution in [3.05, 3.63) is 65.4 Å². The first kappa shape index (κ1) is 25.2. The van der Waals surface area contributed by atoms with Gasteiger partial charge in [0.2, 0.25) is 0 Å². The molecule has 0 aliphatic carbocycles. The highest BCUT2D eigenvalue weighted by atomic mass is 16.5. The molecule has 0 aliphatic rings. The smallest absolute Gasteiger partial charge is 0.308 e. The van der Waals surface area contributed by atoms with Crippen LogP contribution in [0.2, 0.25) is 0 Å². The SMILES string of the molecule is C=C=CCCC(C)(CC)/C(C)=C/Cc1c(C)c(OC(C)=O)c2ccccc2c1OC(C)=O. The molecular formula is C28H34O4. The van der Waals surface area contributed by atoms with Gasteiger partial charge in [-0.2, -0.15) is 0 Å². The van der Waals surface area contributed by atoms with E-state index in [4.69, 9.17) is 9.47 Å². The van der Waals surface area contributed by atoms with Crippen LogP contribution in [0.3, 0.4) is 0 Å². The lowest BCUT2D eigenvalue weighted by Gasteiger charge is -2.29. The van der Waals surface area contributed by atoms with Gasteiger partial charge in [0.25, 0.3) is 0 Å². The second-order valence-electron chi connectivity index (χ2n) is 8.45. The largest absolute Gasteiger partial charge is 0.426 e. The summed E-state index contributed by atoms with van der Waals surface area (Å²) in [7, 11) is 0. The van der Waals surface area contributed by atoms with Crippen molar-refractivity contribution in [2.75, 3.05) is 0 Å². The zero-order valence-electron chi connectivity index (χ0n) is 20.1. The van der Waals surface area contributed by atoms with Gasteiger partial charge in [0.15, 0.2) is 0 Å². The van der Waals surface area contributed by atoms with Gasteiger partial charge in [0.05, 0.1) is 0 Å². The maximum Gasteiger partial charge on any atom is 0.308 e. The number of esters is 2. The number of carbonyl (C=O) groups is 2. The fraction of sp³-hybridized carbons (Fsp3) is 0.393. The molecule has 2 aromatic carbocycles. The molecule has 2 rings (SSSR count). The van der Waals surface area contributed by atoms with Crippen molar-refractivity contribution >= 4 is 22.7 Å². The molecule has 0 bridgehead atoms. The van der Waals surface area contributed by atoms with Gasteiger partial charge in [-0.25, -0.2) is 0 Å². The van der Waals surface area contributed by atoms with Crippen LogP contribution in [-0.2, 0) is 16.0 Å². The van der Waals surface area contributed by atoms with E-state index in [2.05, 4.69) is 39.2 Å². The van der Waals surface area contributed by atoms with Crippen LogP contribution in [0.5, 0.6) is 11.5 Å². The Labute approximate surface area is 191 Å². The first-order chi connectivity index (χ1) is 15.1. The van der Waals surface area contributed by atoms with Crippen molar-refractivity contribution < 1.29 is 19.1 Å². The van der Waals surface area contributed by atoms with E-state index < -0.39 is 0 Å². The summed E-state index contributed by atoms with van der Waals surface area (Å²) in [6.07, 6.45) is 7.66. The maximum atomic E-state index is 11.9. The molecule has 0 heterocycles. The van der Waals surface area contributed by atoms with Crippen LogP contribution in [0.15, 0.2) is 54.3 Å². The first-order valence-electron chi connectivity index (χ1n) is 11.1. The van der Waals surface area contributed by atoms with Crippen LogP contribution < -0.4 is 9.47 Å². The van der Waals surface area contributed by atoms with E-state index >= 15 is 0 Å². The Morgan fingerprint density at radius 2 is 1.62 bits per heavy atom. The number of fused-ring (bicyclic) bond motifs is 1. The highest BCUT2D eigenvalue weighted by Crippen LogP contribution is 2.42. The van der Waals surface area contributed by atoms with Crippen LogP contribution in [0.25, 0.3) is 10.8 Å². The monoisotopic (exact) mass is 434 g/mol. The van der Waals surface area contributed by atoms with Gasteiger partial charge in [-0.15, -0.1) is 5.73 Å². The van der Waals surface area contributed by atoms with Crippen LogP contribution in [0, 0.1) is 12.3 Å². The highest BCUT2D eigenvalue weighted by Gasteiger charge is 2.25.